The van der Waals surface area contributed by atoms with Crippen molar-refractivity contribution in [3.8, 4) is 5.75 Å². The summed E-state index contributed by atoms with van der Waals surface area (Å²) in [5.41, 5.74) is 2.67. The number of benzene rings is 2. The number of hydrogen-bond donors (Lipinski definition) is 1. The zero-order valence-electron chi connectivity index (χ0n) is 11.2. The highest BCUT2D eigenvalue weighted by molar-refractivity contribution is 6.34. The Morgan fingerprint density at radius 2 is 1.45 bits per heavy atom. The zero-order valence-corrected chi connectivity index (χ0v) is 11.2. The van der Waals surface area contributed by atoms with Gasteiger partial charge in [-0.25, -0.2) is 4.90 Å². The maximum atomic E-state index is 12.4. The molecule has 4 nitrogen and oxygen atoms in total. The number of aromatic hydroxyl groups is 1. The van der Waals surface area contributed by atoms with Gasteiger partial charge in [0.15, 0.2) is 0 Å². The molecule has 0 aliphatic carbocycles. The van der Waals surface area contributed by atoms with E-state index in [0.717, 1.165) is 0 Å². The summed E-state index contributed by atoms with van der Waals surface area (Å²) in [4.78, 5) is 26.0. The van der Waals surface area contributed by atoms with Crippen LogP contribution in [0, 0.1) is 13.8 Å². The van der Waals surface area contributed by atoms with E-state index < -0.39 is 0 Å². The summed E-state index contributed by atoms with van der Waals surface area (Å²) in [6, 6.07) is 10.0. The molecule has 0 bridgehead atoms. The quantitative estimate of drug-likeness (QED) is 0.808. The molecule has 0 saturated carbocycles. The SMILES string of the molecule is Cc1cc(N2C(=O)c3ccccc3C2=O)c(C)cc1O. The van der Waals surface area contributed by atoms with Crippen LogP contribution in [0.1, 0.15) is 31.8 Å². The maximum Gasteiger partial charge on any atom is 0.266 e. The van der Waals surface area contributed by atoms with Crippen LogP contribution in [0.5, 0.6) is 5.75 Å². The first-order chi connectivity index (χ1) is 9.50. The number of anilines is 1. The molecular weight excluding hydrogens is 254 g/mol. The number of nitrogens with zero attached hydrogens (tertiary/aromatic N) is 1. The van der Waals surface area contributed by atoms with E-state index >= 15 is 0 Å². The first kappa shape index (κ1) is 12.4. The Bertz CT molecular complexity index is 714. The molecule has 4 heteroatoms. The average molecular weight is 267 g/mol. The molecule has 3 rings (SSSR count). The van der Waals surface area contributed by atoms with Gasteiger partial charge >= 0.3 is 0 Å². The van der Waals surface area contributed by atoms with Gasteiger partial charge in [0.25, 0.3) is 11.8 Å². The van der Waals surface area contributed by atoms with Crippen LogP contribution in [0.4, 0.5) is 5.69 Å². The van der Waals surface area contributed by atoms with Crippen LogP contribution in [0.2, 0.25) is 0 Å². The van der Waals surface area contributed by atoms with Gasteiger partial charge in [0.2, 0.25) is 0 Å². The molecule has 1 aliphatic rings. The fourth-order valence-corrected chi connectivity index (χ4v) is 2.43. The highest BCUT2D eigenvalue weighted by atomic mass is 16.3. The molecule has 2 aromatic rings. The largest absolute Gasteiger partial charge is 0.508 e. The second kappa shape index (κ2) is 4.20. The minimum Gasteiger partial charge on any atom is -0.508 e. The van der Waals surface area contributed by atoms with Crippen LogP contribution in [0.25, 0.3) is 0 Å². The molecule has 2 amide bonds. The van der Waals surface area contributed by atoms with E-state index in [-0.39, 0.29) is 17.6 Å². The van der Waals surface area contributed by atoms with E-state index in [1.54, 1.807) is 50.2 Å². The summed E-state index contributed by atoms with van der Waals surface area (Å²) in [6.45, 7) is 3.49. The zero-order chi connectivity index (χ0) is 14.4. The van der Waals surface area contributed by atoms with Gasteiger partial charge in [-0.15, -0.1) is 0 Å². The van der Waals surface area contributed by atoms with Gasteiger partial charge in [-0.2, -0.15) is 0 Å². The van der Waals surface area contributed by atoms with Gasteiger partial charge in [0, 0.05) is 0 Å². The summed E-state index contributed by atoms with van der Waals surface area (Å²) < 4.78 is 0. The molecule has 2 aromatic carbocycles. The number of carbonyl (C=O) groups excluding carboxylic acids is 2. The van der Waals surface area contributed by atoms with Crippen LogP contribution in [0.15, 0.2) is 36.4 Å². The van der Waals surface area contributed by atoms with Crippen molar-refractivity contribution in [2.45, 2.75) is 13.8 Å². The minimum atomic E-state index is -0.321. The predicted molar refractivity (Wildman–Crippen MR) is 75.2 cm³/mol. The minimum absolute atomic E-state index is 0.155. The van der Waals surface area contributed by atoms with E-state index in [1.165, 1.54) is 4.90 Å². The summed E-state index contributed by atoms with van der Waals surface area (Å²) in [5.74, 6) is -0.486. The topological polar surface area (TPSA) is 57.6 Å². The molecule has 0 atom stereocenters. The summed E-state index contributed by atoms with van der Waals surface area (Å²) in [6.07, 6.45) is 0. The summed E-state index contributed by atoms with van der Waals surface area (Å²) in [7, 11) is 0. The number of phenols is 1. The van der Waals surface area contributed by atoms with Crippen molar-refractivity contribution in [1.82, 2.24) is 0 Å². The molecule has 0 fully saturated rings. The molecule has 100 valence electrons. The number of aryl methyl sites for hydroxylation is 2. The molecule has 0 saturated heterocycles. The highest BCUT2D eigenvalue weighted by Gasteiger charge is 2.37. The van der Waals surface area contributed by atoms with Crippen LogP contribution in [-0.4, -0.2) is 16.9 Å². The van der Waals surface area contributed by atoms with E-state index in [4.69, 9.17) is 0 Å². The van der Waals surface area contributed by atoms with E-state index in [1.807, 2.05) is 0 Å². The lowest BCUT2D eigenvalue weighted by molar-refractivity contribution is 0.0926. The molecule has 0 unspecified atom stereocenters. The number of rotatable bonds is 1. The number of phenolic OH excluding ortho intramolecular Hbond substituents is 1. The normalized spacial score (nSPS) is 13.8. The van der Waals surface area contributed by atoms with Crippen molar-refractivity contribution in [1.29, 1.82) is 0 Å². The Morgan fingerprint density at radius 1 is 0.900 bits per heavy atom. The third-order valence-electron chi connectivity index (χ3n) is 3.55. The second-order valence-electron chi connectivity index (χ2n) is 4.92. The van der Waals surface area contributed by atoms with Gasteiger partial charge < -0.3 is 5.11 Å². The molecule has 1 heterocycles. The smallest absolute Gasteiger partial charge is 0.266 e. The first-order valence-electron chi connectivity index (χ1n) is 6.28. The fraction of sp³-hybridized carbons (Fsp3) is 0.125. The van der Waals surface area contributed by atoms with Crippen LogP contribution < -0.4 is 4.90 Å². The summed E-state index contributed by atoms with van der Waals surface area (Å²) >= 11 is 0. The fourth-order valence-electron chi connectivity index (χ4n) is 2.43. The molecule has 0 radical (unpaired) electrons. The van der Waals surface area contributed by atoms with E-state index in [9.17, 15) is 14.7 Å². The van der Waals surface area contributed by atoms with Gasteiger partial charge in [-0.05, 0) is 49.2 Å². The van der Waals surface area contributed by atoms with Crippen molar-refractivity contribution < 1.29 is 14.7 Å². The number of fused-ring (bicyclic) bond motifs is 1. The van der Waals surface area contributed by atoms with E-state index in [0.29, 0.717) is 27.9 Å². The van der Waals surface area contributed by atoms with Crippen LogP contribution in [-0.2, 0) is 0 Å². The van der Waals surface area contributed by atoms with Crippen molar-refractivity contribution in [3.63, 3.8) is 0 Å². The Morgan fingerprint density at radius 3 is 2.00 bits per heavy atom. The van der Waals surface area contributed by atoms with Crippen molar-refractivity contribution >= 4 is 17.5 Å². The Balaban J connectivity index is 2.17. The van der Waals surface area contributed by atoms with Gasteiger partial charge in [-0.3, -0.25) is 9.59 Å². The molecule has 0 spiro atoms. The maximum absolute atomic E-state index is 12.4. The number of carbonyl (C=O) groups is 2. The third kappa shape index (κ3) is 1.61. The lowest BCUT2D eigenvalue weighted by Crippen LogP contribution is -2.30. The Labute approximate surface area is 116 Å². The van der Waals surface area contributed by atoms with Gasteiger partial charge in [-0.1, -0.05) is 12.1 Å². The average Bonchev–Trinajstić information content (AvgIpc) is 2.68. The first-order valence-corrected chi connectivity index (χ1v) is 6.28. The number of hydrogen-bond acceptors (Lipinski definition) is 3. The third-order valence-corrected chi connectivity index (χ3v) is 3.55. The van der Waals surface area contributed by atoms with Crippen molar-refractivity contribution in [2.24, 2.45) is 0 Å². The van der Waals surface area contributed by atoms with Crippen molar-refractivity contribution in [2.75, 3.05) is 4.90 Å². The number of amides is 2. The Hall–Kier alpha value is -2.62. The molecule has 0 aromatic heterocycles. The Kier molecular flexibility index (Phi) is 2.61. The monoisotopic (exact) mass is 267 g/mol. The molecule has 1 aliphatic heterocycles. The van der Waals surface area contributed by atoms with Gasteiger partial charge in [0.1, 0.15) is 5.75 Å². The second-order valence-corrected chi connectivity index (χ2v) is 4.92. The number of imide groups is 1. The van der Waals surface area contributed by atoms with Crippen LogP contribution in [0.3, 0.4) is 0 Å². The van der Waals surface area contributed by atoms with E-state index in [2.05, 4.69) is 0 Å². The van der Waals surface area contributed by atoms with Crippen molar-refractivity contribution in [3.05, 3.63) is 58.7 Å². The lowest BCUT2D eigenvalue weighted by Gasteiger charge is -2.17. The predicted octanol–water partition coefficient (Wildman–Crippen LogP) is 2.81. The highest BCUT2D eigenvalue weighted by Crippen LogP contribution is 2.33. The lowest BCUT2D eigenvalue weighted by atomic mass is 10.1. The standard InChI is InChI=1S/C16H13NO3/c1-9-8-14(18)10(2)7-13(9)17-15(19)11-5-3-4-6-12(11)16(17)20/h3-8,18H,1-2H3. The summed E-state index contributed by atoms with van der Waals surface area (Å²) in [5, 5.41) is 9.68. The van der Waals surface area contributed by atoms with Crippen LogP contribution >= 0.6 is 0 Å². The molecular formula is C16H13NO3. The molecule has 20 heavy (non-hydrogen) atoms. The van der Waals surface area contributed by atoms with Gasteiger partial charge in [0.05, 0.1) is 16.8 Å². The molecule has 1 N–H and O–H groups in total.